The average molecular weight is 1910 g/mol. The second kappa shape index (κ2) is 37.9. The van der Waals surface area contributed by atoms with Crippen molar-refractivity contribution in [1.29, 1.82) is 0 Å². The van der Waals surface area contributed by atoms with Crippen LogP contribution in [0, 0.1) is 0 Å². The topological polar surface area (TPSA) is 152 Å². The van der Waals surface area contributed by atoms with Crippen molar-refractivity contribution in [3.05, 3.63) is 530 Å². The van der Waals surface area contributed by atoms with Gasteiger partial charge in [0, 0.05) is 111 Å². The standard InChI is InChI=1S/C35H23NOS.C34H22N2OS.C32H23NOS.C27H17N5O/c37-35-33-31(26-16-8-3-9-17-26)23-38-34(33)30-18-10-11-19-32(30)36(35)29-21-27(24-12-4-1-5-13-24)20-28(22-29)25-14-6-2-7-15-25;37-34-31-30(25-15-8-3-9-16-25)22-38-32(31)29-17-10-18-35-33(29)36(34)28-20-26(23-11-4-1-5-12-23)19-27(21-28)24-13-6-2-7-14-24;1-32(2)26-14-8-6-12-22(26)23-17-16-21(18-27(23)32)33-28-15-9-7-13-24(28)30-29(31(33)34)25(19-35-30)20-10-4-3-5-11-20;33-26-20-13-15-28-17-21(20)25-24(12-7-14-29-25)32(26)27-30-22(18-8-3-1-4-9-18)16-23(31-27)19-10-5-2-6-11-19/h1-23H;1-22H;3-19H,1-2H3;1-17H. The van der Waals surface area contributed by atoms with Gasteiger partial charge in [-0.25, -0.2) is 19.5 Å². The van der Waals surface area contributed by atoms with Crippen molar-refractivity contribution < 1.29 is 0 Å². The van der Waals surface area contributed by atoms with Crippen molar-refractivity contribution in [3.8, 4) is 135 Å². The smallest absolute Gasteiger partial charge is 0.266 e. The highest BCUT2D eigenvalue weighted by Crippen LogP contribution is 2.50. The summed E-state index contributed by atoms with van der Waals surface area (Å²) in [7, 11) is 0. The molecule has 11 aromatic heterocycles. The van der Waals surface area contributed by atoms with E-state index in [1.807, 2.05) is 209 Å². The Morgan fingerprint density at radius 2 is 0.604 bits per heavy atom. The fourth-order valence-electron chi connectivity index (χ4n) is 20.2. The molecule has 0 bridgehead atoms. The molecule has 27 rings (SSSR count). The summed E-state index contributed by atoms with van der Waals surface area (Å²) >= 11 is 4.90. The van der Waals surface area contributed by atoms with Crippen molar-refractivity contribution in [1.82, 2.24) is 43.2 Å². The molecule has 0 saturated carbocycles. The number of para-hydroxylation sites is 2. The maximum Gasteiger partial charge on any atom is 0.266 e. The molecule has 11 heterocycles. The molecule has 0 radical (unpaired) electrons. The Balaban J connectivity index is 0.000000103. The Morgan fingerprint density at radius 1 is 0.243 bits per heavy atom. The fraction of sp³-hybridized carbons (Fsp3) is 0.0234. The lowest BCUT2D eigenvalue weighted by atomic mass is 9.82. The van der Waals surface area contributed by atoms with E-state index in [0.29, 0.717) is 33.4 Å². The molecule has 13 nitrogen and oxygen atoms in total. The van der Waals surface area contributed by atoms with Crippen molar-refractivity contribution in [2.24, 2.45) is 0 Å². The van der Waals surface area contributed by atoms with Crippen molar-refractivity contribution in [2.75, 3.05) is 0 Å². The van der Waals surface area contributed by atoms with E-state index in [4.69, 9.17) is 15.0 Å². The Labute approximate surface area is 839 Å². The van der Waals surface area contributed by atoms with Crippen LogP contribution in [0.15, 0.2) is 497 Å². The number of rotatable bonds is 13. The van der Waals surface area contributed by atoms with Gasteiger partial charge in [-0.1, -0.05) is 354 Å². The van der Waals surface area contributed by atoms with Crippen molar-refractivity contribution in [2.45, 2.75) is 19.3 Å². The molecule has 0 saturated heterocycles. The molecule has 0 aliphatic heterocycles. The van der Waals surface area contributed by atoms with Crippen molar-refractivity contribution in [3.63, 3.8) is 0 Å². The molecule has 1 aliphatic rings. The van der Waals surface area contributed by atoms with Gasteiger partial charge in [0.2, 0.25) is 5.95 Å². The normalized spacial score (nSPS) is 11.8. The summed E-state index contributed by atoms with van der Waals surface area (Å²) in [5.41, 5.74) is 29.3. The number of benzene rings is 15. The lowest BCUT2D eigenvalue weighted by Gasteiger charge is -2.22. The second-order valence-electron chi connectivity index (χ2n) is 36.0. The van der Waals surface area contributed by atoms with E-state index in [1.165, 1.54) is 22.3 Å². The Morgan fingerprint density at radius 3 is 1.07 bits per heavy atom. The maximum atomic E-state index is 14.5. The number of nitrogens with zero attached hydrogens (tertiary/aromatic N) is 9. The largest absolute Gasteiger partial charge is 0.276 e. The predicted octanol–water partition coefficient (Wildman–Crippen LogP) is 31.0. The highest BCUT2D eigenvalue weighted by atomic mass is 32.1. The molecule has 0 unspecified atom stereocenters. The first-order valence-corrected chi connectivity index (χ1v) is 50.2. The zero-order valence-corrected chi connectivity index (χ0v) is 80.4. The Hall–Kier alpha value is -18.2. The molecule has 684 valence electrons. The number of fused-ring (bicyclic) bond motifs is 15. The zero-order valence-electron chi connectivity index (χ0n) is 78.0. The fourth-order valence-corrected chi connectivity index (χ4v) is 23.5. The molecule has 0 amide bonds. The first-order valence-electron chi connectivity index (χ1n) is 47.6. The van der Waals surface area contributed by atoms with Crippen LogP contribution in [0.4, 0.5) is 0 Å². The lowest BCUT2D eigenvalue weighted by Crippen LogP contribution is -2.22. The maximum absolute atomic E-state index is 14.5. The molecule has 144 heavy (non-hydrogen) atoms. The van der Waals surface area contributed by atoms with Crippen LogP contribution in [0.3, 0.4) is 0 Å². The molecule has 0 atom stereocenters. The number of aromatic nitrogens is 9. The summed E-state index contributed by atoms with van der Waals surface area (Å²) in [5, 5.41) is 13.0. The van der Waals surface area contributed by atoms with Gasteiger partial charge in [0.15, 0.2) is 0 Å². The van der Waals surface area contributed by atoms with Crippen LogP contribution in [0.25, 0.3) is 219 Å². The van der Waals surface area contributed by atoms with E-state index < -0.39 is 0 Å². The molecule has 0 fully saturated rings. The quantitative estimate of drug-likeness (QED) is 0.103. The van der Waals surface area contributed by atoms with Crippen molar-refractivity contribution >= 4 is 119 Å². The van der Waals surface area contributed by atoms with E-state index >= 15 is 0 Å². The van der Waals surface area contributed by atoms with Gasteiger partial charge in [-0.2, -0.15) is 0 Å². The van der Waals surface area contributed by atoms with Gasteiger partial charge in [0.1, 0.15) is 5.65 Å². The molecular weight excluding hydrogens is 1820 g/mol. The molecule has 15 aromatic carbocycles. The lowest BCUT2D eigenvalue weighted by molar-refractivity contribution is 0.659. The molecule has 0 spiro atoms. The van der Waals surface area contributed by atoms with Crippen LogP contribution in [-0.2, 0) is 5.41 Å². The van der Waals surface area contributed by atoms with Gasteiger partial charge < -0.3 is 0 Å². The number of hydrogen-bond acceptors (Lipinski definition) is 12. The van der Waals surface area contributed by atoms with Gasteiger partial charge in [0.25, 0.3) is 22.2 Å². The summed E-state index contributed by atoms with van der Waals surface area (Å²) in [6.45, 7) is 4.55. The van der Waals surface area contributed by atoms with Gasteiger partial charge in [-0.15, -0.1) is 34.0 Å². The average Bonchev–Trinajstić information content (AvgIpc) is 1.56. The van der Waals surface area contributed by atoms with Crippen LogP contribution in [0.5, 0.6) is 0 Å². The number of thiophene rings is 3. The number of pyridine rings is 7. The highest BCUT2D eigenvalue weighted by molar-refractivity contribution is 7.19. The minimum Gasteiger partial charge on any atom is -0.276 e. The molecule has 26 aromatic rings. The van der Waals surface area contributed by atoms with E-state index in [-0.39, 0.29) is 27.7 Å². The molecular formula is C128H85N9O4S3. The van der Waals surface area contributed by atoms with Crippen LogP contribution in [0.2, 0.25) is 0 Å². The van der Waals surface area contributed by atoms with Gasteiger partial charge in [-0.3, -0.25) is 42.8 Å². The molecule has 1 aliphatic carbocycles. The third kappa shape index (κ3) is 16.2. The minimum absolute atomic E-state index is 0.00280. The minimum atomic E-state index is -0.211. The predicted molar refractivity (Wildman–Crippen MR) is 597 cm³/mol. The summed E-state index contributed by atoms with van der Waals surface area (Å²) in [4.78, 5) is 79.9. The summed E-state index contributed by atoms with van der Waals surface area (Å²) in [5.74, 6) is 0.303. The second-order valence-corrected chi connectivity index (χ2v) is 38.6. The molecule has 0 N–H and O–H groups in total. The van der Waals surface area contributed by atoms with E-state index in [0.717, 1.165) is 175 Å². The number of hydrogen-bond donors (Lipinski definition) is 0. The summed E-state index contributed by atoms with van der Waals surface area (Å²) < 4.78 is 10.2. The SMILES string of the molecule is CC1(C)c2ccccc2-c2ccc(-n3c(=O)c4c(-c5ccccc5)csc4c4ccccc43)cc21.O=c1c2c(-c3ccccc3)csc2c2ccccc2n1-c1cc(-c2ccccc2)cc(-c2ccccc2)c1.O=c1c2c(-c3ccccc3)csc2c2cccnc2n1-c1cc(-c2ccccc2)cc(-c2ccccc2)c1.O=c1c2ccncc2c2ncccc2n1-c1nc(-c2ccccc2)cc(-c2ccccc2)n1. The van der Waals surface area contributed by atoms with Gasteiger partial charge in [-0.05, 0) is 181 Å². The van der Waals surface area contributed by atoms with Gasteiger partial charge >= 0.3 is 0 Å². The monoisotopic (exact) mass is 1910 g/mol. The Kier molecular flexibility index (Phi) is 23.3. The highest BCUT2D eigenvalue weighted by Gasteiger charge is 2.36. The van der Waals surface area contributed by atoms with Crippen LogP contribution in [-0.4, -0.2) is 43.2 Å². The third-order valence-electron chi connectivity index (χ3n) is 27.1. The van der Waals surface area contributed by atoms with E-state index in [2.05, 4.69) is 264 Å². The summed E-state index contributed by atoms with van der Waals surface area (Å²) in [6, 6.07) is 147. The van der Waals surface area contributed by atoms with Crippen LogP contribution >= 0.6 is 34.0 Å². The molecule has 16 heteroatoms. The third-order valence-corrected chi connectivity index (χ3v) is 30.1. The van der Waals surface area contributed by atoms with Crippen LogP contribution < -0.4 is 22.2 Å². The van der Waals surface area contributed by atoms with Gasteiger partial charge in [0.05, 0.1) is 71.1 Å². The van der Waals surface area contributed by atoms with E-state index in [1.54, 1.807) is 80.1 Å². The zero-order chi connectivity index (χ0) is 96.9. The summed E-state index contributed by atoms with van der Waals surface area (Å²) in [6.07, 6.45) is 6.75. The first-order chi connectivity index (χ1) is 70.9. The first kappa shape index (κ1) is 88.5. The Bertz CT molecular complexity index is 9230. The van der Waals surface area contributed by atoms with Crippen LogP contribution in [0.1, 0.15) is 25.0 Å². The van der Waals surface area contributed by atoms with E-state index in [9.17, 15) is 19.2 Å².